The average molecular weight is 343 g/mol. The van der Waals surface area contributed by atoms with Gasteiger partial charge in [-0.2, -0.15) is 5.10 Å². The highest BCUT2D eigenvalue weighted by atomic mass is 32.2. The Bertz CT molecular complexity index is 641. The molecule has 0 bridgehead atoms. The first-order valence-electron chi connectivity index (χ1n) is 7.70. The number of sulfone groups is 1. The Morgan fingerprint density at radius 1 is 1.57 bits per heavy atom. The van der Waals surface area contributed by atoms with Crippen LogP contribution in [-0.4, -0.2) is 73.9 Å². The van der Waals surface area contributed by atoms with Gasteiger partial charge in [0, 0.05) is 38.2 Å². The number of aliphatic imine (C=N–C) groups is 1. The van der Waals surface area contributed by atoms with Gasteiger partial charge in [-0.25, -0.2) is 8.42 Å². The lowest BCUT2D eigenvalue weighted by atomic mass is 10.1. The zero-order chi connectivity index (χ0) is 16.9. The van der Waals surface area contributed by atoms with Gasteiger partial charge in [-0.05, 0) is 6.92 Å². The molecule has 0 saturated carbocycles. The summed E-state index contributed by atoms with van der Waals surface area (Å²) in [7, 11) is -1.13. The molecular weight excluding hydrogens is 318 g/mol. The second-order valence-corrected chi connectivity index (χ2v) is 7.88. The van der Waals surface area contributed by atoms with Crippen molar-refractivity contribution in [3.8, 4) is 0 Å². The molecule has 8 nitrogen and oxygen atoms in total. The first-order valence-corrected chi connectivity index (χ1v) is 9.76. The van der Waals surface area contributed by atoms with Crippen LogP contribution in [0, 0.1) is 0 Å². The van der Waals surface area contributed by atoms with Crippen LogP contribution in [0.4, 0.5) is 0 Å². The molecule has 2 heterocycles. The van der Waals surface area contributed by atoms with E-state index < -0.39 is 9.84 Å². The molecule has 2 rings (SSSR count). The van der Waals surface area contributed by atoms with Crippen LogP contribution in [0.2, 0.25) is 0 Å². The van der Waals surface area contributed by atoms with Crippen LogP contribution in [0.15, 0.2) is 17.4 Å². The van der Waals surface area contributed by atoms with Crippen molar-refractivity contribution >= 4 is 15.8 Å². The zero-order valence-corrected chi connectivity index (χ0v) is 14.7. The normalized spacial score (nSPS) is 19.9. The third kappa shape index (κ3) is 5.51. The van der Waals surface area contributed by atoms with E-state index in [-0.39, 0.29) is 18.4 Å². The lowest BCUT2D eigenvalue weighted by Gasteiger charge is -2.34. The summed E-state index contributed by atoms with van der Waals surface area (Å²) in [5.41, 5.74) is 1.03. The molecule has 9 heteroatoms. The van der Waals surface area contributed by atoms with Gasteiger partial charge in [0.05, 0.1) is 31.6 Å². The molecule has 0 aromatic carbocycles. The van der Waals surface area contributed by atoms with E-state index in [1.807, 2.05) is 26.4 Å². The number of morpholine rings is 1. The van der Waals surface area contributed by atoms with Gasteiger partial charge < -0.3 is 15.0 Å². The number of hydrogen-bond donors (Lipinski definition) is 1. The molecule has 1 saturated heterocycles. The molecule has 1 aliphatic heterocycles. The molecule has 1 aromatic rings. The number of rotatable bonds is 5. The summed E-state index contributed by atoms with van der Waals surface area (Å²) >= 11 is 0. The van der Waals surface area contributed by atoms with E-state index in [9.17, 15) is 8.42 Å². The second-order valence-electron chi connectivity index (χ2n) is 5.62. The van der Waals surface area contributed by atoms with Gasteiger partial charge in [-0.3, -0.25) is 9.67 Å². The van der Waals surface area contributed by atoms with Crippen LogP contribution in [0.1, 0.15) is 18.6 Å². The monoisotopic (exact) mass is 343 g/mol. The Morgan fingerprint density at radius 3 is 2.96 bits per heavy atom. The largest absolute Gasteiger partial charge is 0.370 e. The maximum atomic E-state index is 11.3. The minimum absolute atomic E-state index is 0.0538. The Labute approximate surface area is 137 Å². The van der Waals surface area contributed by atoms with Crippen LogP contribution in [-0.2, 0) is 21.6 Å². The molecule has 1 unspecified atom stereocenters. The Balaban J connectivity index is 2.04. The number of aromatic nitrogens is 2. The van der Waals surface area contributed by atoms with Crippen LogP contribution < -0.4 is 5.32 Å². The Kier molecular flexibility index (Phi) is 6.00. The molecule has 0 spiro atoms. The van der Waals surface area contributed by atoms with Gasteiger partial charge in [0.25, 0.3) is 0 Å². The smallest absolute Gasteiger partial charge is 0.194 e. The molecule has 0 aliphatic carbocycles. The Hall–Kier alpha value is -1.61. The third-order valence-electron chi connectivity index (χ3n) is 3.52. The van der Waals surface area contributed by atoms with E-state index in [4.69, 9.17) is 4.74 Å². The predicted molar refractivity (Wildman–Crippen MR) is 89.2 cm³/mol. The molecule has 1 atom stereocenters. The SMILES string of the molecule is CCNC(=NCCS(C)(=O)=O)N1CCOC(c2cnn(C)c2)C1. The van der Waals surface area contributed by atoms with E-state index in [2.05, 4.69) is 20.3 Å². The molecule has 1 aromatic heterocycles. The molecule has 0 amide bonds. The summed E-state index contributed by atoms with van der Waals surface area (Å²) in [5.74, 6) is 0.784. The summed E-state index contributed by atoms with van der Waals surface area (Å²) in [6.45, 7) is 4.96. The van der Waals surface area contributed by atoms with E-state index in [0.29, 0.717) is 13.2 Å². The van der Waals surface area contributed by atoms with Crippen molar-refractivity contribution in [2.45, 2.75) is 13.0 Å². The summed E-state index contributed by atoms with van der Waals surface area (Å²) < 4.78 is 30.1. The molecule has 0 radical (unpaired) electrons. The summed E-state index contributed by atoms with van der Waals surface area (Å²) in [6.07, 6.45) is 4.92. The average Bonchev–Trinajstić information content (AvgIpc) is 2.92. The van der Waals surface area contributed by atoms with Crippen molar-refractivity contribution in [2.75, 3.05) is 44.8 Å². The Morgan fingerprint density at radius 2 is 2.35 bits per heavy atom. The van der Waals surface area contributed by atoms with Crippen molar-refractivity contribution in [2.24, 2.45) is 12.0 Å². The highest BCUT2D eigenvalue weighted by Gasteiger charge is 2.25. The second kappa shape index (κ2) is 7.78. The van der Waals surface area contributed by atoms with E-state index >= 15 is 0 Å². The third-order valence-corrected chi connectivity index (χ3v) is 4.45. The van der Waals surface area contributed by atoms with Gasteiger partial charge in [0.1, 0.15) is 15.9 Å². The minimum atomic E-state index is -3.01. The highest BCUT2D eigenvalue weighted by molar-refractivity contribution is 7.90. The van der Waals surface area contributed by atoms with E-state index in [0.717, 1.165) is 24.6 Å². The number of nitrogens with one attached hydrogen (secondary N) is 1. The van der Waals surface area contributed by atoms with Crippen molar-refractivity contribution in [3.63, 3.8) is 0 Å². The van der Waals surface area contributed by atoms with Gasteiger partial charge in [0.15, 0.2) is 5.96 Å². The zero-order valence-electron chi connectivity index (χ0n) is 13.9. The molecule has 1 aliphatic rings. The van der Waals surface area contributed by atoms with Gasteiger partial charge in [0.2, 0.25) is 0 Å². The van der Waals surface area contributed by atoms with Crippen molar-refractivity contribution in [3.05, 3.63) is 18.0 Å². The molecule has 1 N–H and O–H groups in total. The lowest BCUT2D eigenvalue weighted by molar-refractivity contribution is -0.00802. The fraction of sp³-hybridized carbons (Fsp3) is 0.714. The summed E-state index contributed by atoms with van der Waals surface area (Å²) in [4.78, 5) is 6.54. The topological polar surface area (TPSA) is 88.8 Å². The van der Waals surface area contributed by atoms with Crippen LogP contribution in [0.5, 0.6) is 0 Å². The fourth-order valence-corrected chi connectivity index (χ4v) is 2.82. The first-order chi connectivity index (χ1) is 10.9. The van der Waals surface area contributed by atoms with Crippen molar-refractivity contribution in [1.29, 1.82) is 0 Å². The predicted octanol–water partition coefficient (Wildman–Crippen LogP) is -0.196. The van der Waals surface area contributed by atoms with Crippen molar-refractivity contribution in [1.82, 2.24) is 20.0 Å². The molecule has 1 fully saturated rings. The standard InChI is InChI=1S/C14H25N5O3S/c1-4-15-14(16-5-8-23(3,20)21)19-6-7-22-13(11-19)12-9-17-18(2)10-12/h9-10,13H,4-8,11H2,1-3H3,(H,15,16). The number of guanidine groups is 1. The van der Waals surface area contributed by atoms with E-state index in [1.54, 1.807) is 4.68 Å². The van der Waals surface area contributed by atoms with Crippen LogP contribution in [0.3, 0.4) is 0 Å². The summed E-state index contributed by atoms with van der Waals surface area (Å²) in [6, 6.07) is 0. The summed E-state index contributed by atoms with van der Waals surface area (Å²) in [5, 5.41) is 7.40. The minimum Gasteiger partial charge on any atom is -0.370 e. The quantitative estimate of drug-likeness (QED) is 0.588. The van der Waals surface area contributed by atoms with Gasteiger partial charge >= 0.3 is 0 Å². The maximum Gasteiger partial charge on any atom is 0.194 e. The van der Waals surface area contributed by atoms with Crippen molar-refractivity contribution < 1.29 is 13.2 Å². The van der Waals surface area contributed by atoms with E-state index in [1.165, 1.54) is 6.26 Å². The fourth-order valence-electron chi connectivity index (χ4n) is 2.39. The number of ether oxygens (including phenoxy) is 1. The lowest BCUT2D eigenvalue weighted by Crippen LogP contribution is -2.48. The molecule has 130 valence electrons. The number of hydrogen-bond acceptors (Lipinski definition) is 5. The van der Waals surface area contributed by atoms with Gasteiger partial charge in [-0.1, -0.05) is 0 Å². The molecular formula is C14H25N5O3S. The highest BCUT2D eigenvalue weighted by Crippen LogP contribution is 2.21. The number of nitrogens with zero attached hydrogens (tertiary/aromatic N) is 4. The molecule has 23 heavy (non-hydrogen) atoms. The number of aryl methyl sites for hydroxylation is 1. The van der Waals surface area contributed by atoms with Gasteiger partial charge in [-0.15, -0.1) is 0 Å². The first kappa shape index (κ1) is 17.7. The van der Waals surface area contributed by atoms with Crippen LogP contribution >= 0.6 is 0 Å². The van der Waals surface area contributed by atoms with Crippen LogP contribution in [0.25, 0.3) is 0 Å². The maximum absolute atomic E-state index is 11.3.